The van der Waals surface area contributed by atoms with E-state index in [0.717, 1.165) is 19.4 Å². The van der Waals surface area contributed by atoms with E-state index in [1.165, 1.54) is 0 Å². The maximum absolute atomic E-state index is 9.50. The first-order chi connectivity index (χ1) is 5.83. The largest absolute Gasteiger partial charge is 0.393 e. The molecule has 1 atom stereocenters. The zero-order valence-electron chi connectivity index (χ0n) is 9.63. The van der Waals surface area contributed by atoms with E-state index in [2.05, 4.69) is 0 Å². The summed E-state index contributed by atoms with van der Waals surface area (Å²) in [7, 11) is 0. The lowest BCUT2D eigenvalue weighted by molar-refractivity contribution is -0.0105. The molecule has 1 unspecified atom stereocenters. The van der Waals surface area contributed by atoms with Gasteiger partial charge in [-0.25, -0.2) is 0 Å². The summed E-state index contributed by atoms with van der Waals surface area (Å²) in [5.41, 5.74) is -0.0528. The first kappa shape index (κ1) is 12.9. The Morgan fingerprint density at radius 2 is 1.77 bits per heavy atom. The van der Waals surface area contributed by atoms with Gasteiger partial charge in [0.05, 0.1) is 11.7 Å². The van der Waals surface area contributed by atoms with Crippen molar-refractivity contribution in [2.24, 2.45) is 5.92 Å². The molecular formula is C11H24O2. The molecule has 0 aliphatic heterocycles. The van der Waals surface area contributed by atoms with Gasteiger partial charge in [0.15, 0.2) is 0 Å². The number of aliphatic hydroxyl groups is 1. The number of ether oxygens (including phenoxy) is 1. The van der Waals surface area contributed by atoms with Gasteiger partial charge in [0.2, 0.25) is 0 Å². The van der Waals surface area contributed by atoms with Crippen molar-refractivity contribution in [3.63, 3.8) is 0 Å². The van der Waals surface area contributed by atoms with Crippen molar-refractivity contribution in [3.8, 4) is 0 Å². The predicted octanol–water partition coefficient (Wildman–Crippen LogP) is 2.60. The van der Waals surface area contributed by atoms with Gasteiger partial charge in [-0.2, -0.15) is 0 Å². The molecule has 0 radical (unpaired) electrons. The highest BCUT2D eigenvalue weighted by atomic mass is 16.5. The Bertz CT molecular complexity index is 125. The molecule has 13 heavy (non-hydrogen) atoms. The molecule has 0 spiro atoms. The highest BCUT2D eigenvalue weighted by molar-refractivity contribution is 4.62. The SMILES string of the molecule is CC(C)C(O)CCCOC(C)(C)C. The molecule has 1 N–H and O–H groups in total. The molecule has 0 bridgehead atoms. The van der Waals surface area contributed by atoms with Crippen molar-refractivity contribution in [3.05, 3.63) is 0 Å². The Kier molecular flexibility index (Phi) is 5.57. The number of aliphatic hydroxyl groups excluding tert-OH is 1. The molecule has 80 valence electrons. The van der Waals surface area contributed by atoms with E-state index < -0.39 is 0 Å². The second-order valence-corrected chi connectivity index (χ2v) is 4.91. The van der Waals surface area contributed by atoms with Gasteiger partial charge in [-0.05, 0) is 39.5 Å². The monoisotopic (exact) mass is 188 g/mol. The van der Waals surface area contributed by atoms with Crippen LogP contribution in [0, 0.1) is 5.92 Å². The maximum Gasteiger partial charge on any atom is 0.0598 e. The van der Waals surface area contributed by atoms with E-state index in [1.807, 2.05) is 34.6 Å². The molecule has 0 aromatic carbocycles. The smallest absolute Gasteiger partial charge is 0.0598 e. The van der Waals surface area contributed by atoms with Gasteiger partial charge in [0.1, 0.15) is 0 Å². The number of hydrogen-bond acceptors (Lipinski definition) is 2. The minimum atomic E-state index is -0.177. The molecule has 0 saturated heterocycles. The number of hydrogen-bond donors (Lipinski definition) is 1. The van der Waals surface area contributed by atoms with Crippen molar-refractivity contribution in [1.29, 1.82) is 0 Å². The van der Waals surface area contributed by atoms with Crippen LogP contribution >= 0.6 is 0 Å². The van der Waals surface area contributed by atoms with Crippen LogP contribution in [0.15, 0.2) is 0 Å². The van der Waals surface area contributed by atoms with Crippen molar-refractivity contribution >= 4 is 0 Å². The molecule has 0 aliphatic rings. The van der Waals surface area contributed by atoms with E-state index >= 15 is 0 Å². The molecule has 0 heterocycles. The molecule has 0 amide bonds. The average Bonchev–Trinajstić information content (AvgIpc) is 1.95. The van der Waals surface area contributed by atoms with Crippen LogP contribution in [0.5, 0.6) is 0 Å². The van der Waals surface area contributed by atoms with Crippen LogP contribution in [0.25, 0.3) is 0 Å². The highest BCUT2D eigenvalue weighted by Crippen LogP contribution is 2.11. The molecule has 0 rings (SSSR count). The average molecular weight is 188 g/mol. The van der Waals surface area contributed by atoms with Crippen LogP contribution in [-0.4, -0.2) is 23.4 Å². The van der Waals surface area contributed by atoms with Gasteiger partial charge in [-0.15, -0.1) is 0 Å². The fourth-order valence-corrected chi connectivity index (χ4v) is 1.00. The Morgan fingerprint density at radius 3 is 2.15 bits per heavy atom. The van der Waals surface area contributed by atoms with Gasteiger partial charge in [0.25, 0.3) is 0 Å². The highest BCUT2D eigenvalue weighted by Gasteiger charge is 2.11. The van der Waals surface area contributed by atoms with Crippen LogP contribution in [0.1, 0.15) is 47.5 Å². The topological polar surface area (TPSA) is 29.5 Å². The van der Waals surface area contributed by atoms with E-state index in [-0.39, 0.29) is 11.7 Å². The maximum atomic E-state index is 9.50. The third-order valence-corrected chi connectivity index (χ3v) is 1.95. The summed E-state index contributed by atoms with van der Waals surface area (Å²) < 4.78 is 5.55. The lowest BCUT2D eigenvalue weighted by Crippen LogP contribution is -2.21. The van der Waals surface area contributed by atoms with Crippen molar-refractivity contribution < 1.29 is 9.84 Å². The Labute approximate surface area is 82.3 Å². The lowest BCUT2D eigenvalue weighted by Gasteiger charge is -2.20. The molecular weight excluding hydrogens is 164 g/mol. The van der Waals surface area contributed by atoms with Crippen LogP contribution in [0.3, 0.4) is 0 Å². The Balaban J connectivity index is 3.36. The second kappa shape index (κ2) is 5.61. The fourth-order valence-electron chi connectivity index (χ4n) is 1.00. The van der Waals surface area contributed by atoms with Gasteiger partial charge in [-0.3, -0.25) is 0 Å². The first-order valence-electron chi connectivity index (χ1n) is 5.15. The summed E-state index contributed by atoms with van der Waals surface area (Å²) in [6, 6.07) is 0. The normalized spacial score (nSPS) is 15.0. The van der Waals surface area contributed by atoms with Gasteiger partial charge in [0, 0.05) is 6.61 Å². The molecule has 2 heteroatoms. The van der Waals surface area contributed by atoms with E-state index in [9.17, 15) is 5.11 Å². The molecule has 0 saturated carbocycles. The zero-order chi connectivity index (χ0) is 10.5. The second-order valence-electron chi connectivity index (χ2n) is 4.91. The Hall–Kier alpha value is -0.0800. The van der Waals surface area contributed by atoms with E-state index in [1.54, 1.807) is 0 Å². The van der Waals surface area contributed by atoms with Crippen LogP contribution in [0.2, 0.25) is 0 Å². The van der Waals surface area contributed by atoms with E-state index in [4.69, 9.17) is 4.74 Å². The van der Waals surface area contributed by atoms with Crippen molar-refractivity contribution in [2.75, 3.05) is 6.61 Å². The summed E-state index contributed by atoms with van der Waals surface area (Å²) in [6.45, 7) is 11.0. The predicted molar refractivity (Wildman–Crippen MR) is 55.8 cm³/mol. The van der Waals surface area contributed by atoms with Gasteiger partial charge >= 0.3 is 0 Å². The summed E-state index contributed by atoms with van der Waals surface area (Å²) >= 11 is 0. The standard InChI is InChI=1S/C11H24O2/c1-9(2)10(12)7-6-8-13-11(3,4)5/h9-10,12H,6-8H2,1-5H3. The molecule has 0 aromatic heterocycles. The summed E-state index contributed by atoms with van der Waals surface area (Å²) in [6.07, 6.45) is 1.60. The minimum Gasteiger partial charge on any atom is -0.393 e. The van der Waals surface area contributed by atoms with Gasteiger partial charge in [-0.1, -0.05) is 13.8 Å². The van der Waals surface area contributed by atoms with Crippen LogP contribution < -0.4 is 0 Å². The summed E-state index contributed by atoms with van der Waals surface area (Å²) in [4.78, 5) is 0. The lowest BCUT2D eigenvalue weighted by atomic mass is 10.0. The van der Waals surface area contributed by atoms with Gasteiger partial charge < -0.3 is 9.84 Å². The Morgan fingerprint density at radius 1 is 1.23 bits per heavy atom. The molecule has 2 nitrogen and oxygen atoms in total. The summed E-state index contributed by atoms with van der Waals surface area (Å²) in [5, 5.41) is 9.50. The van der Waals surface area contributed by atoms with Crippen LogP contribution in [0.4, 0.5) is 0 Å². The van der Waals surface area contributed by atoms with E-state index in [0.29, 0.717) is 5.92 Å². The number of rotatable bonds is 5. The molecule has 0 aliphatic carbocycles. The van der Waals surface area contributed by atoms with Crippen molar-refractivity contribution in [1.82, 2.24) is 0 Å². The minimum absolute atomic E-state index is 0.0528. The quantitative estimate of drug-likeness (QED) is 0.672. The first-order valence-corrected chi connectivity index (χ1v) is 5.15. The third-order valence-electron chi connectivity index (χ3n) is 1.95. The summed E-state index contributed by atoms with van der Waals surface area (Å²) in [5.74, 6) is 0.356. The van der Waals surface area contributed by atoms with Crippen LogP contribution in [-0.2, 0) is 4.74 Å². The molecule has 0 fully saturated rings. The zero-order valence-corrected chi connectivity index (χ0v) is 9.63. The van der Waals surface area contributed by atoms with Crippen molar-refractivity contribution in [2.45, 2.75) is 59.2 Å². The third kappa shape index (κ3) is 8.26. The molecule has 0 aromatic rings. The fraction of sp³-hybridized carbons (Fsp3) is 1.00.